The van der Waals surface area contributed by atoms with E-state index in [0.717, 1.165) is 37.6 Å². The van der Waals surface area contributed by atoms with Gasteiger partial charge in [-0.1, -0.05) is 13.8 Å². The zero-order valence-corrected chi connectivity index (χ0v) is 14.8. The van der Waals surface area contributed by atoms with Crippen LogP contribution in [0.1, 0.15) is 32.3 Å². The van der Waals surface area contributed by atoms with Gasteiger partial charge in [-0.2, -0.15) is 0 Å². The van der Waals surface area contributed by atoms with E-state index in [1.807, 2.05) is 0 Å². The van der Waals surface area contributed by atoms with E-state index in [-0.39, 0.29) is 0 Å². The third kappa shape index (κ3) is 5.60. The van der Waals surface area contributed by atoms with Crippen molar-refractivity contribution in [2.24, 2.45) is 5.92 Å². The van der Waals surface area contributed by atoms with Crippen LogP contribution >= 0.6 is 22.6 Å². The van der Waals surface area contributed by atoms with Crippen molar-refractivity contribution in [2.75, 3.05) is 32.5 Å². The van der Waals surface area contributed by atoms with E-state index in [4.69, 9.17) is 4.98 Å². The minimum absolute atomic E-state index is 0.611. The molecular formula is C14H25IN4. The van der Waals surface area contributed by atoms with Crippen LogP contribution in [0, 0.1) is 9.49 Å². The van der Waals surface area contributed by atoms with Gasteiger partial charge >= 0.3 is 0 Å². The molecule has 5 heteroatoms. The minimum Gasteiger partial charge on any atom is -0.369 e. The Morgan fingerprint density at radius 3 is 2.47 bits per heavy atom. The zero-order valence-electron chi connectivity index (χ0n) is 12.6. The predicted octanol–water partition coefficient (Wildman–Crippen LogP) is 2.82. The molecule has 0 saturated heterocycles. The maximum Gasteiger partial charge on any atom is 0.143 e. The van der Waals surface area contributed by atoms with Crippen LogP contribution in [0.3, 0.4) is 0 Å². The fourth-order valence-electron chi connectivity index (χ4n) is 1.79. The summed E-state index contributed by atoms with van der Waals surface area (Å²) in [4.78, 5) is 11.6. The van der Waals surface area contributed by atoms with Crippen molar-refractivity contribution in [3.05, 3.63) is 15.1 Å². The summed E-state index contributed by atoms with van der Waals surface area (Å²) in [6.45, 7) is 8.42. The lowest BCUT2D eigenvalue weighted by atomic mass is 10.1. The maximum absolute atomic E-state index is 4.74. The fraction of sp³-hybridized carbons (Fsp3) is 0.714. The number of hydrogen-bond acceptors (Lipinski definition) is 4. The standard InChI is InChI=1S/C14H25IN4/c1-6-16-14-13(15)11(9-10(2)3)17-12(18-14)7-8-19(4)5/h10H,6-9H2,1-5H3,(H,16,17,18). The van der Waals surface area contributed by atoms with Gasteiger partial charge in [-0.05, 0) is 55.9 Å². The van der Waals surface area contributed by atoms with Crippen molar-refractivity contribution in [2.45, 2.75) is 33.6 Å². The van der Waals surface area contributed by atoms with Crippen LogP contribution in [0.2, 0.25) is 0 Å². The van der Waals surface area contributed by atoms with E-state index in [1.165, 1.54) is 9.26 Å². The lowest BCUT2D eigenvalue weighted by molar-refractivity contribution is 0.409. The highest BCUT2D eigenvalue weighted by Gasteiger charge is 2.13. The molecule has 0 bridgehead atoms. The second-order valence-electron chi connectivity index (χ2n) is 5.43. The average molecular weight is 376 g/mol. The number of hydrogen-bond donors (Lipinski definition) is 1. The van der Waals surface area contributed by atoms with Gasteiger partial charge in [0.15, 0.2) is 0 Å². The quantitative estimate of drug-likeness (QED) is 0.744. The Bertz CT molecular complexity index is 405. The highest BCUT2D eigenvalue weighted by atomic mass is 127. The molecule has 1 N–H and O–H groups in total. The van der Waals surface area contributed by atoms with Gasteiger partial charge in [-0.25, -0.2) is 9.97 Å². The first-order valence-electron chi connectivity index (χ1n) is 6.87. The first-order chi connectivity index (χ1) is 8.93. The van der Waals surface area contributed by atoms with Gasteiger partial charge in [0.2, 0.25) is 0 Å². The van der Waals surface area contributed by atoms with Gasteiger partial charge in [0.1, 0.15) is 11.6 Å². The van der Waals surface area contributed by atoms with Gasteiger partial charge in [-0.15, -0.1) is 0 Å². The van der Waals surface area contributed by atoms with Crippen molar-refractivity contribution in [1.29, 1.82) is 0 Å². The van der Waals surface area contributed by atoms with Crippen LogP contribution in [0.15, 0.2) is 0 Å². The molecule has 1 heterocycles. The Balaban J connectivity index is 3.00. The van der Waals surface area contributed by atoms with Crippen molar-refractivity contribution in [1.82, 2.24) is 14.9 Å². The summed E-state index contributed by atoms with van der Waals surface area (Å²) >= 11 is 2.36. The van der Waals surface area contributed by atoms with Gasteiger partial charge in [0, 0.05) is 19.5 Å². The lowest BCUT2D eigenvalue weighted by Gasteiger charge is -2.14. The molecule has 0 saturated carbocycles. The number of aromatic nitrogens is 2. The van der Waals surface area contributed by atoms with E-state index in [1.54, 1.807) is 0 Å². The second kappa shape index (κ2) is 7.99. The number of nitrogens with zero attached hydrogens (tertiary/aromatic N) is 3. The molecule has 0 radical (unpaired) electrons. The molecule has 108 valence electrons. The Morgan fingerprint density at radius 1 is 1.26 bits per heavy atom. The summed E-state index contributed by atoms with van der Waals surface area (Å²) in [5.41, 5.74) is 1.18. The third-order valence-corrected chi connectivity index (χ3v) is 3.83. The smallest absolute Gasteiger partial charge is 0.143 e. The van der Waals surface area contributed by atoms with Gasteiger partial charge in [0.25, 0.3) is 0 Å². The molecule has 19 heavy (non-hydrogen) atoms. The Kier molecular flexibility index (Phi) is 6.99. The van der Waals surface area contributed by atoms with Gasteiger partial charge < -0.3 is 10.2 Å². The zero-order chi connectivity index (χ0) is 14.4. The molecule has 1 rings (SSSR count). The van der Waals surface area contributed by atoms with Crippen LogP contribution in [0.25, 0.3) is 0 Å². The average Bonchev–Trinajstić information content (AvgIpc) is 2.31. The molecule has 0 fully saturated rings. The Hall–Kier alpha value is -0.430. The van der Waals surface area contributed by atoms with Crippen molar-refractivity contribution in [3.8, 4) is 0 Å². The molecule has 0 spiro atoms. The molecule has 0 atom stereocenters. The maximum atomic E-state index is 4.74. The number of rotatable bonds is 7. The van der Waals surface area contributed by atoms with Crippen LogP contribution in [-0.2, 0) is 12.8 Å². The molecule has 4 nitrogen and oxygen atoms in total. The molecule has 0 aliphatic heterocycles. The van der Waals surface area contributed by atoms with Crippen LogP contribution < -0.4 is 5.32 Å². The summed E-state index contributed by atoms with van der Waals surface area (Å²) in [6.07, 6.45) is 1.90. The number of anilines is 1. The van der Waals surface area contributed by atoms with E-state index >= 15 is 0 Å². The molecular weight excluding hydrogens is 351 g/mol. The molecule has 0 aliphatic rings. The van der Waals surface area contributed by atoms with Crippen LogP contribution in [0.5, 0.6) is 0 Å². The first-order valence-corrected chi connectivity index (χ1v) is 7.95. The summed E-state index contributed by atoms with van der Waals surface area (Å²) in [6, 6.07) is 0. The minimum atomic E-state index is 0.611. The molecule has 1 aromatic heterocycles. The molecule has 0 aliphatic carbocycles. The number of likely N-dealkylation sites (N-methyl/N-ethyl adjacent to an activating group) is 1. The summed E-state index contributed by atoms with van der Waals surface area (Å²) in [5.74, 6) is 2.54. The van der Waals surface area contributed by atoms with E-state index in [9.17, 15) is 0 Å². The topological polar surface area (TPSA) is 41.1 Å². The predicted molar refractivity (Wildman–Crippen MR) is 89.7 cm³/mol. The summed E-state index contributed by atoms with van der Waals surface area (Å²) in [7, 11) is 4.15. The van der Waals surface area contributed by atoms with Crippen molar-refractivity contribution in [3.63, 3.8) is 0 Å². The van der Waals surface area contributed by atoms with Gasteiger partial charge in [-0.3, -0.25) is 0 Å². The molecule has 0 aromatic carbocycles. The van der Waals surface area contributed by atoms with E-state index in [0.29, 0.717) is 5.92 Å². The van der Waals surface area contributed by atoms with E-state index < -0.39 is 0 Å². The summed E-state index contributed by atoms with van der Waals surface area (Å²) < 4.78 is 1.17. The summed E-state index contributed by atoms with van der Waals surface area (Å²) in [5, 5.41) is 3.35. The van der Waals surface area contributed by atoms with Crippen molar-refractivity contribution >= 4 is 28.4 Å². The Morgan fingerprint density at radius 2 is 1.95 bits per heavy atom. The monoisotopic (exact) mass is 376 g/mol. The van der Waals surface area contributed by atoms with Crippen LogP contribution in [0.4, 0.5) is 5.82 Å². The highest BCUT2D eigenvalue weighted by Crippen LogP contribution is 2.21. The normalized spacial score (nSPS) is 11.4. The molecule has 1 aromatic rings. The lowest BCUT2D eigenvalue weighted by Crippen LogP contribution is -2.18. The van der Waals surface area contributed by atoms with Crippen molar-refractivity contribution < 1.29 is 0 Å². The SMILES string of the molecule is CCNc1nc(CCN(C)C)nc(CC(C)C)c1I. The third-order valence-electron chi connectivity index (χ3n) is 2.69. The van der Waals surface area contributed by atoms with Gasteiger partial charge in [0.05, 0.1) is 9.26 Å². The Labute approximate surface area is 130 Å². The van der Waals surface area contributed by atoms with E-state index in [2.05, 4.69) is 72.7 Å². The number of nitrogens with one attached hydrogen (secondary N) is 1. The molecule has 0 amide bonds. The first kappa shape index (κ1) is 16.6. The largest absolute Gasteiger partial charge is 0.369 e. The number of halogens is 1. The molecule has 0 unspecified atom stereocenters. The fourth-order valence-corrected chi connectivity index (χ4v) is 2.44. The highest BCUT2D eigenvalue weighted by molar-refractivity contribution is 14.1. The van der Waals surface area contributed by atoms with Crippen LogP contribution in [-0.4, -0.2) is 42.1 Å². The second-order valence-corrected chi connectivity index (χ2v) is 6.51.